The van der Waals surface area contributed by atoms with Crippen molar-refractivity contribution >= 4 is 40.7 Å². The van der Waals surface area contributed by atoms with Crippen LogP contribution in [0.2, 0.25) is 5.02 Å². The van der Waals surface area contributed by atoms with Gasteiger partial charge in [0.15, 0.2) is 11.6 Å². The van der Waals surface area contributed by atoms with Crippen molar-refractivity contribution in [1.29, 1.82) is 0 Å². The number of amides is 1. The SMILES string of the molecule is O=C(NCCCOc1c(F)cc(OCC=C(Cl)Cl)cc1Cl)c1ccc(C(F)(F)F)cn1. The number of carbonyl (C=O) groups excluding carboxylic acids is 1. The summed E-state index contributed by atoms with van der Waals surface area (Å²) in [5.74, 6) is -1.43. The maximum atomic E-state index is 14.2. The number of nitrogens with one attached hydrogen (secondary N) is 1. The summed E-state index contributed by atoms with van der Waals surface area (Å²) in [5.41, 5.74) is -1.11. The molecule has 0 aliphatic rings. The highest BCUT2D eigenvalue weighted by Crippen LogP contribution is 2.32. The van der Waals surface area contributed by atoms with Gasteiger partial charge < -0.3 is 14.8 Å². The quantitative estimate of drug-likeness (QED) is 0.349. The number of aromatic nitrogens is 1. The van der Waals surface area contributed by atoms with Gasteiger partial charge in [-0.3, -0.25) is 9.78 Å². The lowest BCUT2D eigenvalue weighted by molar-refractivity contribution is -0.137. The fourth-order valence-corrected chi connectivity index (χ4v) is 2.57. The molecule has 2 aromatic rings. The lowest BCUT2D eigenvalue weighted by Crippen LogP contribution is -2.26. The van der Waals surface area contributed by atoms with Crippen molar-refractivity contribution in [3.63, 3.8) is 0 Å². The summed E-state index contributed by atoms with van der Waals surface area (Å²) < 4.78 is 62.2. The van der Waals surface area contributed by atoms with E-state index in [0.717, 1.165) is 18.2 Å². The molecule has 1 heterocycles. The monoisotopic (exact) mass is 500 g/mol. The fraction of sp³-hybridized carbons (Fsp3) is 0.263. The average Bonchev–Trinajstić information content (AvgIpc) is 2.68. The summed E-state index contributed by atoms with van der Waals surface area (Å²) in [6, 6.07) is 4.18. The first-order valence-corrected chi connectivity index (χ1v) is 9.78. The summed E-state index contributed by atoms with van der Waals surface area (Å²) in [6.45, 7) is 0.154. The van der Waals surface area contributed by atoms with Crippen molar-refractivity contribution in [2.75, 3.05) is 19.8 Å². The zero-order chi connectivity index (χ0) is 23.0. The van der Waals surface area contributed by atoms with E-state index >= 15 is 0 Å². The zero-order valence-electron chi connectivity index (χ0n) is 15.6. The van der Waals surface area contributed by atoms with Gasteiger partial charge >= 0.3 is 6.18 Å². The van der Waals surface area contributed by atoms with E-state index in [9.17, 15) is 22.4 Å². The predicted molar refractivity (Wildman–Crippen MR) is 108 cm³/mol. The minimum Gasteiger partial charge on any atom is -0.489 e. The maximum Gasteiger partial charge on any atom is 0.417 e. The van der Waals surface area contributed by atoms with Gasteiger partial charge in [-0.15, -0.1) is 0 Å². The molecular formula is C19H15Cl3F4N2O3. The van der Waals surface area contributed by atoms with Gasteiger partial charge in [-0.05, 0) is 24.6 Å². The number of nitrogens with zero attached hydrogens (tertiary/aromatic N) is 1. The Balaban J connectivity index is 1.79. The van der Waals surface area contributed by atoms with Crippen LogP contribution in [0.1, 0.15) is 22.5 Å². The third-order valence-corrected chi connectivity index (χ3v) is 4.23. The Morgan fingerprint density at radius 2 is 1.94 bits per heavy atom. The second-order valence-electron chi connectivity index (χ2n) is 5.91. The maximum absolute atomic E-state index is 14.2. The molecule has 0 aliphatic heterocycles. The van der Waals surface area contributed by atoms with Crippen LogP contribution < -0.4 is 14.8 Å². The van der Waals surface area contributed by atoms with E-state index in [2.05, 4.69) is 10.3 Å². The molecule has 0 radical (unpaired) electrons. The Labute approximate surface area is 189 Å². The molecule has 1 amide bonds. The molecular weight excluding hydrogens is 487 g/mol. The Morgan fingerprint density at radius 1 is 1.19 bits per heavy atom. The summed E-state index contributed by atoms with van der Waals surface area (Å²) >= 11 is 16.9. The summed E-state index contributed by atoms with van der Waals surface area (Å²) in [5, 5.41) is 2.46. The number of hydrogen-bond acceptors (Lipinski definition) is 4. The summed E-state index contributed by atoms with van der Waals surface area (Å²) in [6.07, 6.45) is -2.31. The third-order valence-electron chi connectivity index (χ3n) is 3.64. The molecule has 0 atom stereocenters. The minimum absolute atomic E-state index is 0.00715. The number of rotatable bonds is 9. The van der Waals surface area contributed by atoms with Crippen molar-refractivity contribution in [3.05, 3.63) is 63.1 Å². The van der Waals surface area contributed by atoms with Gasteiger partial charge in [0.25, 0.3) is 5.91 Å². The minimum atomic E-state index is -4.53. The van der Waals surface area contributed by atoms with E-state index in [1.807, 2.05) is 0 Å². The normalized spacial score (nSPS) is 11.1. The van der Waals surface area contributed by atoms with Crippen LogP contribution in [0.25, 0.3) is 0 Å². The largest absolute Gasteiger partial charge is 0.489 e. The highest BCUT2D eigenvalue weighted by atomic mass is 35.5. The van der Waals surface area contributed by atoms with E-state index in [0.29, 0.717) is 6.20 Å². The Kier molecular flexibility index (Phi) is 9.21. The number of alkyl halides is 3. The van der Waals surface area contributed by atoms with Crippen LogP contribution in [0.4, 0.5) is 17.6 Å². The topological polar surface area (TPSA) is 60.5 Å². The fourth-order valence-electron chi connectivity index (χ4n) is 2.19. The van der Waals surface area contributed by atoms with Crippen molar-refractivity contribution in [3.8, 4) is 11.5 Å². The van der Waals surface area contributed by atoms with E-state index in [1.165, 1.54) is 12.1 Å². The molecule has 2 rings (SSSR count). The number of pyridine rings is 1. The first kappa shape index (κ1) is 25.0. The Bertz CT molecular complexity index is 911. The van der Waals surface area contributed by atoms with E-state index in [1.54, 1.807) is 0 Å². The molecule has 0 bridgehead atoms. The number of halogens is 7. The number of carbonyl (C=O) groups is 1. The average molecular weight is 502 g/mol. The zero-order valence-corrected chi connectivity index (χ0v) is 17.9. The van der Waals surface area contributed by atoms with Gasteiger partial charge in [0.05, 0.1) is 17.2 Å². The first-order chi connectivity index (χ1) is 14.6. The second kappa shape index (κ2) is 11.4. The molecule has 0 spiro atoms. The highest BCUT2D eigenvalue weighted by molar-refractivity contribution is 6.55. The van der Waals surface area contributed by atoms with Crippen LogP contribution >= 0.6 is 34.8 Å². The third kappa shape index (κ3) is 8.08. The van der Waals surface area contributed by atoms with E-state index in [4.69, 9.17) is 44.3 Å². The number of hydrogen-bond donors (Lipinski definition) is 1. The summed E-state index contributed by atoms with van der Waals surface area (Å²) in [4.78, 5) is 15.4. The van der Waals surface area contributed by atoms with Crippen LogP contribution in [-0.2, 0) is 6.18 Å². The highest BCUT2D eigenvalue weighted by Gasteiger charge is 2.30. The van der Waals surface area contributed by atoms with Crippen LogP contribution in [0, 0.1) is 5.82 Å². The van der Waals surface area contributed by atoms with E-state index < -0.39 is 23.5 Å². The molecule has 5 nitrogen and oxygen atoms in total. The molecule has 0 aliphatic carbocycles. The molecule has 1 aromatic heterocycles. The van der Waals surface area contributed by atoms with Crippen molar-refractivity contribution in [2.24, 2.45) is 0 Å². The van der Waals surface area contributed by atoms with Crippen LogP contribution in [0.15, 0.2) is 41.0 Å². The Morgan fingerprint density at radius 3 is 2.52 bits per heavy atom. The van der Waals surface area contributed by atoms with Crippen LogP contribution in [0.5, 0.6) is 11.5 Å². The van der Waals surface area contributed by atoms with Crippen molar-refractivity contribution < 1.29 is 31.8 Å². The lowest BCUT2D eigenvalue weighted by Gasteiger charge is -2.12. The van der Waals surface area contributed by atoms with Gasteiger partial charge in [-0.2, -0.15) is 13.2 Å². The summed E-state index contributed by atoms with van der Waals surface area (Å²) in [7, 11) is 0. The smallest absolute Gasteiger partial charge is 0.417 e. The predicted octanol–water partition coefficient (Wildman–Crippen LogP) is 5.79. The molecule has 1 aromatic carbocycles. The molecule has 168 valence electrons. The molecule has 0 saturated heterocycles. The van der Waals surface area contributed by atoms with Crippen molar-refractivity contribution in [1.82, 2.24) is 10.3 Å². The van der Waals surface area contributed by atoms with Gasteiger partial charge in [-0.1, -0.05) is 34.8 Å². The standard InChI is InChI=1S/C19H15Cl3F4N2O3/c20-13-8-12(30-7-4-16(21)22)9-14(23)17(13)31-6-1-5-27-18(29)15-3-2-11(10-28-15)19(24,25)26/h2-4,8-10H,1,5-7H2,(H,27,29). The molecule has 0 unspecified atom stereocenters. The van der Waals surface area contributed by atoms with Gasteiger partial charge in [0.1, 0.15) is 22.5 Å². The van der Waals surface area contributed by atoms with Crippen LogP contribution in [-0.4, -0.2) is 30.6 Å². The molecule has 12 heteroatoms. The first-order valence-electron chi connectivity index (χ1n) is 8.65. The molecule has 0 fully saturated rings. The lowest BCUT2D eigenvalue weighted by atomic mass is 10.2. The Hall–Kier alpha value is -2.23. The molecule has 0 saturated carbocycles. The van der Waals surface area contributed by atoms with Crippen LogP contribution in [0.3, 0.4) is 0 Å². The molecule has 1 N–H and O–H groups in total. The number of benzene rings is 1. The van der Waals surface area contributed by atoms with Crippen molar-refractivity contribution in [2.45, 2.75) is 12.6 Å². The van der Waals surface area contributed by atoms with Gasteiger partial charge in [0.2, 0.25) is 0 Å². The van der Waals surface area contributed by atoms with E-state index in [-0.39, 0.29) is 52.9 Å². The molecule has 31 heavy (non-hydrogen) atoms. The van der Waals surface area contributed by atoms with Gasteiger partial charge in [-0.25, -0.2) is 4.39 Å². The van der Waals surface area contributed by atoms with Gasteiger partial charge in [0, 0.05) is 24.9 Å². The second-order valence-corrected chi connectivity index (χ2v) is 7.32. The number of ether oxygens (including phenoxy) is 2.